The van der Waals surface area contributed by atoms with E-state index >= 15 is 0 Å². The van der Waals surface area contributed by atoms with Crippen molar-refractivity contribution >= 4 is 11.6 Å². The highest BCUT2D eigenvalue weighted by Gasteiger charge is 2.01. The van der Waals surface area contributed by atoms with Crippen LogP contribution < -0.4 is 20.9 Å². The maximum Gasteiger partial charge on any atom is 0.220 e. The van der Waals surface area contributed by atoms with Gasteiger partial charge in [-0.05, 0) is 12.1 Å². The molecule has 1 aromatic rings. The molecule has 5 heteroatoms. The number of benzene rings is 1. The summed E-state index contributed by atoms with van der Waals surface area (Å²) in [4.78, 5) is 10.5. The van der Waals surface area contributed by atoms with E-state index in [1.165, 1.54) is 0 Å². The molecule has 0 atom stereocenters. The summed E-state index contributed by atoms with van der Waals surface area (Å²) in [5.41, 5.74) is 11.1. The van der Waals surface area contributed by atoms with Gasteiger partial charge in [-0.2, -0.15) is 0 Å². The maximum absolute atomic E-state index is 10.5. The van der Waals surface area contributed by atoms with Crippen LogP contribution in [0.25, 0.3) is 0 Å². The molecule has 0 spiro atoms. The monoisotopic (exact) mass is 210 g/mol. The molecule has 0 heterocycles. The van der Waals surface area contributed by atoms with E-state index in [2.05, 4.69) is 0 Å². The van der Waals surface area contributed by atoms with Crippen LogP contribution in [-0.4, -0.2) is 19.6 Å². The molecular weight excluding hydrogens is 196 g/mol. The third-order valence-corrected chi connectivity index (χ3v) is 1.82. The number of anilines is 1. The van der Waals surface area contributed by atoms with E-state index in [1.54, 1.807) is 25.3 Å². The van der Waals surface area contributed by atoms with Gasteiger partial charge in [0.25, 0.3) is 0 Å². The Morgan fingerprint density at radius 3 is 2.73 bits per heavy atom. The number of amides is 1. The van der Waals surface area contributed by atoms with Crippen LogP contribution in [0.5, 0.6) is 11.5 Å². The SMILES string of the molecule is COc1ccc(OCCC(N)=O)cc1N. The summed E-state index contributed by atoms with van der Waals surface area (Å²) in [7, 11) is 1.54. The fourth-order valence-electron chi connectivity index (χ4n) is 1.07. The molecule has 0 aliphatic rings. The molecular formula is C10H14N2O3. The first-order valence-electron chi connectivity index (χ1n) is 4.48. The minimum Gasteiger partial charge on any atom is -0.495 e. The standard InChI is InChI=1S/C10H14N2O3/c1-14-9-3-2-7(6-8(9)11)15-5-4-10(12)13/h2-3,6H,4-5,11H2,1H3,(H2,12,13). The van der Waals surface area contributed by atoms with Crippen LogP contribution in [0.15, 0.2) is 18.2 Å². The highest BCUT2D eigenvalue weighted by molar-refractivity contribution is 5.73. The third kappa shape index (κ3) is 3.38. The van der Waals surface area contributed by atoms with Gasteiger partial charge in [-0.15, -0.1) is 0 Å². The minimum absolute atomic E-state index is 0.186. The molecule has 1 aromatic carbocycles. The van der Waals surface area contributed by atoms with Gasteiger partial charge in [-0.1, -0.05) is 0 Å². The van der Waals surface area contributed by atoms with Gasteiger partial charge >= 0.3 is 0 Å². The zero-order chi connectivity index (χ0) is 11.3. The Labute approximate surface area is 88.0 Å². The fraction of sp³-hybridized carbons (Fsp3) is 0.300. The fourth-order valence-corrected chi connectivity index (χ4v) is 1.07. The number of nitrogens with two attached hydrogens (primary N) is 2. The van der Waals surface area contributed by atoms with Gasteiger partial charge in [-0.25, -0.2) is 0 Å². The van der Waals surface area contributed by atoms with Crippen LogP contribution in [0.4, 0.5) is 5.69 Å². The lowest BCUT2D eigenvalue weighted by atomic mass is 10.3. The van der Waals surface area contributed by atoms with E-state index in [0.29, 0.717) is 17.2 Å². The lowest BCUT2D eigenvalue weighted by Crippen LogP contribution is -2.14. The van der Waals surface area contributed by atoms with Crippen molar-refractivity contribution in [2.24, 2.45) is 5.73 Å². The van der Waals surface area contributed by atoms with E-state index < -0.39 is 5.91 Å². The Hall–Kier alpha value is -1.91. The summed E-state index contributed by atoms with van der Waals surface area (Å²) < 4.78 is 10.2. The summed E-state index contributed by atoms with van der Waals surface area (Å²) in [5.74, 6) is 0.795. The number of primary amides is 1. The Balaban J connectivity index is 2.55. The smallest absolute Gasteiger partial charge is 0.220 e. The van der Waals surface area contributed by atoms with Crippen LogP contribution >= 0.6 is 0 Å². The lowest BCUT2D eigenvalue weighted by molar-refractivity contribution is -0.118. The normalized spacial score (nSPS) is 9.67. The Morgan fingerprint density at radius 1 is 1.47 bits per heavy atom. The van der Waals surface area contributed by atoms with Gasteiger partial charge in [-0.3, -0.25) is 4.79 Å². The first-order valence-corrected chi connectivity index (χ1v) is 4.48. The first-order chi connectivity index (χ1) is 7.13. The molecule has 5 nitrogen and oxygen atoms in total. The molecule has 0 radical (unpaired) electrons. The van der Waals surface area contributed by atoms with Crippen LogP contribution in [-0.2, 0) is 4.79 Å². The van der Waals surface area contributed by atoms with Crippen LogP contribution in [0.3, 0.4) is 0 Å². The summed E-state index contributed by atoms with van der Waals surface area (Å²) in [6.45, 7) is 0.251. The maximum atomic E-state index is 10.5. The largest absolute Gasteiger partial charge is 0.495 e. The van der Waals surface area contributed by atoms with E-state index in [-0.39, 0.29) is 13.0 Å². The topological polar surface area (TPSA) is 87.6 Å². The van der Waals surface area contributed by atoms with Gasteiger partial charge < -0.3 is 20.9 Å². The Bertz CT molecular complexity index is 353. The molecule has 1 rings (SSSR count). The van der Waals surface area contributed by atoms with Crippen molar-refractivity contribution in [1.82, 2.24) is 0 Å². The average molecular weight is 210 g/mol. The summed E-state index contributed by atoms with van der Waals surface area (Å²) in [6, 6.07) is 5.06. The summed E-state index contributed by atoms with van der Waals surface area (Å²) >= 11 is 0. The average Bonchev–Trinajstić information content (AvgIpc) is 2.17. The minimum atomic E-state index is -0.392. The number of rotatable bonds is 5. The summed E-state index contributed by atoms with van der Waals surface area (Å²) in [5, 5.41) is 0. The molecule has 82 valence electrons. The second kappa shape index (κ2) is 5.09. The molecule has 0 saturated carbocycles. The number of methoxy groups -OCH3 is 1. The third-order valence-electron chi connectivity index (χ3n) is 1.82. The molecule has 0 saturated heterocycles. The number of carbonyl (C=O) groups is 1. The number of hydrogen-bond donors (Lipinski definition) is 2. The predicted molar refractivity (Wildman–Crippen MR) is 56.7 cm³/mol. The van der Waals surface area contributed by atoms with E-state index in [1.807, 2.05) is 0 Å². The van der Waals surface area contributed by atoms with Crippen LogP contribution in [0, 0.1) is 0 Å². The van der Waals surface area contributed by atoms with Crippen molar-refractivity contribution in [3.05, 3.63) is 18.2 Å². The number of ether oxygens (including phenoxy) is 2. The second-order valence-electron chi connectivity index (χ2n) is 2.97. The van der Waals surface area contributed by atoms with Gasteiger partial charge in [0.05, 0.1) is 25.8 Å². The zero-order valence-corrected chi connectivity index (χ0v) is 8.53. The molecule has 15 heavy (non-hydrogen) atoms. The second-order valence-corrected chi connectivity index (χ2v) is 2.97. The quantitative estimate of drug-likeness (QED) is 0.694. The molecule has 0 aliphatic carbocycles. The van der Waals surface area contributed by atoms with Crippen molar-refractivity contribution in [2.75, 3.05) is 19.5 Å². The Morgan fingerprint density at radius 2 is 2.20 bits per heavy atom. The number of carbonyl (C=O) groups excluding carboxylic acids is 1. The Kier molecular flexibility index (Phi) is 3.79. The van der Waals surface area contributed by atoms with Gasteiger partial charge in [0.15, 0.2) is 0 Å². The number of nitrogen functional groups attached to an aromatic ring is 1. The summed E-state index contributed by atoms with van der Waals surface area (Å²) in [6.07, 6.45) is 0.186. The molecule has 0 aromatic heterocycles. The molecule has 0 aliphatic heterocycles. The van der Waals surface area contributed by atoms with Crippen molar-refractivity contribution in [3.63, 3.8) is 0 Å². The van der Waals surface area contributed by atoms with E-state index in [0.717, 1.165) is 0 Å². The highest BCUT2D eigenvalue weighted by atomic mass is 16.5. The van der Waals surface area contributed by atoms with Gasteiger partial charge in [0, 0.05) is 6.07 Å². The molecule has 4 N–H and O–H groups in total. The van der Waals surface area contributed by atoms with Crippen molar-refractivity contribution in [3.8, 4) is 11.5 Å². The van der Waals surface area contributed by atoms with Gasteiger partial charge in [0.2, 0.25) is 5.91 Å². The van der Waals surface area contributed by atoms with Gasteiger partial charge in [0.1, 0.15) is 11.5 Å². The van der Waals surface area contributed by atoms with Crippen molar-refractivity contribution in [1.29, 1.82) is 0 Å². The van der Waals surface area contributed by atoms with E-state index in [9.17, 15) is 4.79 Å². The number of hydrogen-bond acceptors (Lipinski definition) is 4. The van der Waals surface area contributed by atoms with Crippen LogP contribution in [0.1, 0.15) is 6.42 Å². The van der Waals surface area contributed by atoms with Crippen molar-refractivity contribution < 1.29 is 14.3 Å². The highest BCUT2D eigenvalue weighted by Crippen LogP contribution is 2.25. The van der Waals surface area contributed by atoms with Crippen LogP contribution in [0.2, 0.25) is 0 Å². The molecule has 1 amide bonds. The van der Waals surface area contributed by atoms with Crippen molar-refractivity contribution in [2.45, 2.75) is 6.42 Å². The predicted octanol–water partition coefficient (Wildman–Crippen LogP) is 0.532. The molecule has 0 unspecified atom stereocenters. The lowest BCUT2D eigenvalue weighted by Gasteiger charge is -2.08. The molecule has 0 fully saturated rings. The first kappa shape index (κ1) is 11.2. The van der Waals surface area contributed by atoms with E-state index in [4.69, 9.17) is 20.9 Å². The molecule has 0 bridgehead atoms. The zero-order valence-electron chi connectivity index (χ0n) is 8.53.